The Morgan fingerprint density at radius 2 is 1.88 bits per heavy atom. The standard InChI is InChI=1S/C20H32N2O3/c1-6-9-10-14-22(15(4)11-7-2)19(23)18-13-12-17(16(5)21-18)20(24)25-8-3/h12-13,15H,6-11,14H2,1-5H3. The number of unbranched alkanes of at least 4 members (excludes halogenated alkanes) is 2. The zero-order valence-electron chi connectivity index (χ0n) is 16.3. The maximum atomic E-state index is 13.0. The van der Waals surface area contributed by atoms with Crippen molar-refractivity contribution >= 4 is 11.9 Å². The van der Waals surface area contributed by atoms with Crippen molar-refractivity contribution in [2.45, 2.75) is 72.8 Å². The molecule has 0 saturated carbocycles. The zero-order chi connectivity index (χ0) is 18.8. The van der Waals surface area contributed by atoms with Gasteiger partial charge in [-0.2, -0.15) is 0 Å². The van der Waals surface area contributed by atoms with Crippen LogP contribution in [0.1, 0.15) is 86.3 Å². The molecular formula is C20H32N2O3. The van der Waals surface area contributed by atoms with Gasteiger partial charge >= 0.3 is 5.97 Å². The number of pyridine rings is 1. The second-order valence-electron chi connectivity index (χ2n) is 6.39. The summed E-state index contributed by atoms with van der Waals surface area (Å²) in [4.78, 5) is 31.2. The van der Waals surface area contributed by atoms with E-state index in [2.05, 4.69) is 25.8 Å². The highest BCUT2D eigenvalue weighted by atomic mass is 16.5. The van der Waals surface area contributed by atoms with Crippen molar-refractivity contribution in [2.24, 2.45) is 0 Å². The Balaban J connectivity index is 2.99. The van der Waals surface area contributed by atoms with E-state index in [1.807, 2.05) is 4.90 Å². The number of hydrogen-bond donors (Lipinski definition) is 0. The maximum Gasteiger partial charge on any atom is 0.339 e. The first kappa shape index (κ1) is 21.1. The van der Waals surface area contributed by atoms with Crippen molar-refractivity contribution in [2.75, 3.05) is 13.2 Å². The molecule has 0 radical (unpaired) electrons. The Labute approximate surface area is 151 Å². The first-order valence-corrected chi connectivity index (χ1v) is 9.41. The van der Waals surface area contributed by atoms with E-state index in [-0.39, 0.29) is 11.9 Å². The smallest absolute Gasteiger partial charge is 0.339 e. The molecular weight excluding hydrogens is 316 g/mol. The summed E-state index contributed by atoms with van der Waals surface area (Å²) in [5, 5.41) is 0. The molecule has 1 amide bonds. The van der Waals surface area contributed by atoms with Gasteiger partial charge in [0.15, 0.2) is 0 Å². The third-order valence-electron chi connectivity index (χ3n) is 4.30. The van der Waals surface area contributed by atoms with E-state index >= 15 is 0 Å². The first-order valence-electron chi connectivity index (χ1n) is 9.41. The summed E-state index contributed by atoms with van der Waals surface area (Å²) in [6.07, 6.45) is 5.23. The lowest BCUT2D eigenvalue weighted by Gasteiger charge is -2.29. The van der Waals surface area contributed by atoms with E-state index in [1.165, 1.54) is 0 Å². The van der Waals surface area contributed by atoms with Crippen LogP contribution in [-0.2, 0) is 4.74 Å². The van der Waals surface area contributed by atoms with Crippen LogP contribution < -0.4 is 0 Å². The van der Waals surface area contributed by atoms with Crippen LogP contribution in [0.5, 0.6) is 0 Å². The van der Waals surface area contributed by atoms with Gasteiger partial charge in [-0.1, -0.05) is 33.1 Å². The molecule has 1 aromatic rings. The molecule has 1 rings (SSSR count). The van der Waals surface area contributed by atoms with Crippen LogP contribution in [0.15, 0.2) is 12.1 Å². The fourth-order valence-electron chi connectivity index (χ4n) is 2.88. The van der Waals surface area contributed by atoms with Gasteiger partial charge in [0.2, 0.25) is 0 Å². The van der Waals surface area contributed by atoms with Crippen molar-refractivity contribution in [3.05, 3.63) is 29.1 Å². The summed E-state index contributed by atoms with van der Waals surface area (Å²) in [7, 11) is 0. The quantitative estimate of drug-likeness (QED) is 0.465. The average Bonchev–Trinajstić information content (AvgIpc) is 2.58. The van der Waals surface area contributed by atoms with Gasteiger partial charge in [-0.3, -0.25) is 4.79 Å². The van der Waals surface area contributed by atoms with Crippen molar-refractivity contribution in [3.8, 4) is 0 Å². The second-order valence-corrected chi connectivity index (χ2v) is 6.39. The summed E-state index contributed by atoms with van der Waals surface area (Å²) in [6, 6.07) is 3.45. The predicted octanol–water partition coefficient (Wildman–Crippen LogP) is 4.39. The second kappa shape index (κ2) is 10.9. The number of carbonyl (C=O) groups excluding carboxylic acids is 2. The van der Waals surface area contributed by atoms with Crippen molar-refractivity contribution < 1.29 is 14.3 Å². The molecule has 5 nitrogen and oxygen atoms in total. The Bertz CT molecular complexity index is 572. The monoisotopic (exact) mass is 348 g/mol. The molecule has 0 saturated heterocycles. The molecule has 1 atom stereocenters. The van der Waals surface area contributed by atoms with Gasteiger partial charge in [0.1, 0.15) is 5.69 Å². The molecule has 0 bridgehead atoms. The van der Waals surface area contributed by atoms with Gasteiger partial charge in [0.25, 0.3) is 5.91 Å². The highest BCUT2D eigenvalue weighted by molar-refractivity contribution is 5.95. The molecule has 0 aliphatic rings. The highest BCUT2D eigenvalue weighted by Gasteiger charge is 2.23. The molecule has 0 aromatic carbocycles. The SMILES string of the molecule is CCCCCN(C(=O)c1ccc(C(=O)OCC)c(C)n1)C(C)CCC. The van der Waals surface area contributed by atoms with E-state index < -0.39 is 5.97 Å². The Hall–Kier alpha value is -1.91. The van der Waals surface area contributed by atoms with Crippen LogP contribution >= 0.6 is 0 Å². The van der Waals surface area contributed by atoms with Gasteiger partial charge in [-0.25, -0.2) is 9.78 Å². The molecule has 0 fully saturated rings. The average molecular weight is 348 g/mol. The van der Waals surface area contributed by atoms with Crippen LogP contribution in [0.2, 0.25) is 0 Å². The minimum atomic E-state index is -0.398. The summed E-state index contributed by atoms with van der Waals surface area (Å²) in [5.41, 5.74) is 1.34. The number of hydrogen-bond acceptors (Lipinski definition) is 4. The number of carbonyl (C=O) groups is 2. The first-order chi connectivity index (χ1) is 12.0. The molecule has 140 valence electrons. The molecule has 25 heavy (non-hydrogen) atoms. The lowest BCUT2D eigenvalue weighted by atomic mass is 10.1. The van der Waals surface area contributed by atoms with E-state index in [4.69, 9.17) is 4.74 Å². The summed E-state index contributed by atoms with van der Waals surface area (Å²) in [6.45, 7) is 10.9. The third kappa shape index (κ3) is 6.15. The number of amides is 1. The number of aryl methyl sites for hydroxylation is 1. The van der Waals surface area contributed by atoms with E-state index in [0.717, 1.165) is 38.6 Å². The van der Waals surface area contributed by atoms with E-state index in [0.29, 0.717) is 23.6 Å². The Morgan fingerprint density at radius 1 is 1.16 bits per heavy atom. The van der Waals surface area contributed by atoms with Gasteiger partial charge < -0.3 is 9.64 Å². The minimum absolute atomic E-state index is 0.0597. The molecule has 1 heterocycles. The molecule has 1 unspecified atom stereocenters. The summed E-state index contributed by atoms with van der Waals surface area (Å²) >= 11 is 0. The number of ether oxygens (including phenoxy) is 1. The highest BCUT2D eigenvalue weighted by Crippen LogP contribution is 2.15. The van der Waals surface area contributed by atoms with Crippen LogP contribution in [0.4, 0.5) is 0 Å². The number of nitrogens with zero attached hydrogens (tertiary/aromatic N) is 2. The Kier molecular flexibility index (Phi) is 9.17. The summed E-state index contributed by atoms with van der Waals surface area (Å²) in [5.74, 6) is -0.457. The molecule has 0 aliphatic carbocycles. The Morgan fingerprint density at radius 3 is 2.44 bits per heavy atom. The molecule has 1 aromatic heterocycles. The van der Waals surface area contributed by atoms with E-state index in [1.54, 1.807) is 26.0 Å². The minimum Gasteiger partial charge on any atom is -0.462 e. The van der Waals surface area contributed by atoms with Crippen LogP contribution in [-0.4, -0.2) is 41.0 Å². The number of rotatable bonds is 10. The molecule has 0 spiro atoms. The van der Waals surface area contributed by atoms with Crippen molar-refractivity contribution in [1.29, 1.82) is 0 Å². The van der Waals surface area contributed by atoms with Gasteiger partial charge in [-0.15, -0.1) is 0 Å². The largest absolute Gasteiger partial charge is 0.462 e. The predicted molar refractivity (Wildman–Crippen MR) is 99.9 cm³/mol. The molecule has 0 aliphatic heterocycles. The van der Waals surface area contributed by atoms with Gasteiger partial charge in [0.05, 0.1) is 17.9 Å². The van der Waals surface area contributed by atoms with Crippen LogP contribution in [0, 0.1) is 6.92 Å². The zero-order valence-corrected chi connectivity index (χ0v) is 16.3. The molecule has 5 heteroatoms. The number of esters is 1. The molecule has 0 N–H and O–H groups in total. The lowest BCUT2D eigenvalue weighted by molar-refractivity contribution is 0.0523. The van der Waals surface area contributed by atoms with Gasteiger partial charge in [0, 0.05) is 12.6 Å². The van der Waals surface area contributed by atoms with E-state index in [9.17, 15) is 9.59 Å². The number of aromatic nitrogens is 1. The maximum absolute atomic E-state index is 13.0. The lowest BCUT2D eigenvalue weighted by Crippen LogP contribution is -2.40. The fraction of sp³-hybridized carbons (Fsp3) is 0.650. The normalized spacial score (nSPS) is 11.9. The van der Waals surface area contributed by atoms with Crippen LogP contribution in [0.25, 0.3) is 0 Å². The summed E-state index contributed by atoms with van der Waals surface area (Å²) < 4.78 is 5.02. The van der Waals surface area contributed by atoms with Gasteiger partial charge in [-0.05, 0) is 45.7 Å². The van der Waals surface area contributed by atoms with Crippen molar-refractivity contribution in [3.63, 3.8) is 0 Å². The van der Waals surface area contributed by atoms with Crippen LogP contribution in [0.3, 0.4) is 0 Å². The third-order valence-corrected chi connectivity index (χ3v) is 4.30. The fourth-order valence-corrected chi connectivity index (χ4v) is 2.88. The van der Waals surface area contributed by atoms with Crippen molar-refractivity contribution in [1.82, 2.24) is 9.88 Å². The topological polar surface area (TPSA) is 59.5 Å².